The number of likely N-dealkylation sites (tertiary alicyclic amines) is 1. The number of hydrogen-bond donors (Lipinski definition) is 1. The first-order chi connectivity index (χ1) is 6.20. The average molecular weight is 187 g/mol. The summed E-state index contributed by atoms with van der Waals surface area (Å²) in [4.78, 5) is 13.5. The SMILES string of the molecule is CC(C)C(=O)CN1CCCC1.CO. The van der Waals surface area contributed by atoms with E-state index in [0.717, 1.165) is 20.2 Å². The summed E-state index contributed by atoms with van der Waals surface area (Å²) in [6, 6.07) is 0. The van der Waals surface area contributed by atoms with Crippen LogP contribution in [-0.2, 0) is 4.79 Å². The Kier molecular flexibility index (Phi) is 6.82. The lowest BCUT2D eigenvalue weighted by atomic mass is 10.1. The molecule has 0 aromatic heterocycles. The van der Waals surface area contributed by atoms with Crippen molar-refractivity contribution in [2.45, 2.75) is 26.7 Å². The molecule has 1 aliphatic rings. The Hall–Kier alpha value is -0.410. The van der Waals surface area contributed by atoms with E-state index in [-0.39, 0.29) is 5.92 Å². The van der Waals surface area contributed by atoms with Crippen LogP contribution < -0.4 is 0 Å². The van der Waals surface area contributed by atoms with E-state index in [0.29, 0.717) is 12.3 Å². The van der Waals surface area contributed by atoms with E-state index in [4.69, 9.17) is 5.11 Å². The van der Waals surface area contributed by atoms with Gasteiger partial charge in [0.15, 0.2) is 0 Å². The Bertz CT molecular complexity index is 140. The Balaban J connectivity index is 0.000000671. The Morgan fingerprint density at radius 3 is 2.15 bits per heavy atom. The predicted molar refractivity (Wildman–Crippen MR) is 53.7 cm³/mol. The molecule has 13 heavy (non-hydrogen) atoms. The van der Waals surface area contributed by atoms with Crippen molar-refractivity contribution in [2.75, 3.05) is 26.7 Å². The molecular formula is C10H21NO2. The van der Waals surface area contributed by atoms with Gasteiger partial charge in [-0.15, -0.1) is 0 Å². The topological polar surface area (TPSA) is 40.5 Å². The maximum atomic E-state index is 11.3. The van der Waals surface area contributed by atoms with E-state index >= 15 is 0 Å². The van der Waals surface area contributed by atoms with Gasteiger partial charge in [-0.1, -0.05) is 13.8 Å². The van der Waals surface area contributed by atoms with Gasteiger partial charge in [0.2, 0.25) is 0 Å². The molecule has 0 aromatic rings. The van der Waals surface area contributed by atoms with E-state index in [9.17, 15) is 4.79 Å². The number of nitrogens with zero attached hydrogens (tertiary/aromatic N) is 1. The minimum atomic E-state index is 0.204. The molecule has 1 aliphatic heterocycles. The number of carbonyl (C=O) groups excluding carboxylic acids is 1. The number of ketones is 1. The summed E-state index contributed by atoms with van der Waals surface area (Å²) in [5.74, 6) is 0.586. The van der Waals surface area contributed by atoms with Gasteiger partial charge in [0.1, 0.15) is 5.78 Å². The standard InChI is InChI=1S/C9H17NO.CH4O/c1-8(2)9(11)7-10-5-3-4-6-10;1-2/h8H,3-7H2,1-2H3;2H,1H3. The smallest absolute Gasteiger partial charge is 0.149 e. The highest BCUT2D eigenvalue weighted by atomic mass is 16.2. The van der Waals surface area contributed by atoms with Crippen LogP contribution in [0, 0.1) is 5.92 Å². The molecular weight excluding hydrogens is 166 g/mol. The van der Waals surface area contributed by atoms with Gasteiger partial charge in [0, 0.05) is 13.0 Å². The highest BCUT2D eigenvalue weighted by Gasteiger charge is 2.16. The molecule has 1 N–H and O–H groups in total. The lowest BCUT2D eigenvalue weighted by Crippen LogP contribution is -2.29. The van der Waals surface area contributed by atoms with Crippen molar-refractivity contribution >= 4 is 5.78 Å². The largest absolute Gasteiger partial charge is 0.400 e. The van der Waals surface area contributed by atoms with E-state index in [1.807, 2.05) is 13.8 Å². The van der Waals surface area contributed by atoms with Gasteiger partial charge in [0.25, 0.3) is 0 Å². The first-order valence-electron chi connectivity index (χ1n) is 4.90. The van der Waals surface area contributed by atoms with Gasteiger partial charge in [-0.2, -0.15) is 0 Å². The molecule has 0 atom stereocenters. The van der Waals surface area contributed by atoms with Crippen molar-refractivity contribution in [3.8, 4) is 0 Å². The number of carbonyl (C=O) groups is 1. The molecule has 1 fully saturated rings. The summed E-state index contributed by atoms with van der Waals surface area (Å²) in [6.07, 6.45) is 2.54. The minimum absolute atomic E-state index is 0.204. The van der Waals surface area contributed by atoms with Crippen LogP contribution in [0.5, 0.6) is 0 Å². The third-order valence-corrected chi connectivity index (χ3v) is 2.22. The lowest BCUT2D eigenvalue weighted by Gasteiger charge is -2.14. The second-order valence-corrected chi connectivity index (χ2v) is 3.60. The van der Waals surface area contributed by atoms with Crippen molar-refractivity contribution in [1.29, 1.82) is 0 Å². The molecule has 0 bridgehead atoms. The van der Waals surface area contributed by atoms with Gasteiger partial charge < -0.3 is 5.11 Å². The second kappa shape index (κ2) is 7.04. The zero-order chi connectivity index (χ0) is 10.3. The number of aliphatic hydroxyl groups excluding tert-OH is 1. The van der Waals surface area contributed by atoms with E-state index in [1.165, 1.54) is 12.8 Å². The van der Waals surface area contributed by atoms with Crippen LogP contribution in [0.25, 0.3) is 0 Å². The molecule has 78 valence electrons. The van der Waals surface area contributed by atoms with Crippen molar-refractivity contribution in [3.63, 3.8) is 0 Å². The van der Waals surface area contributed by atoms with Gasteiger partial charge in [-0.3, -0.25) is 9.69 Å². The van der Waals surface area contributed by atoms with Crippen molar-refractivity contribution < 1.29 is 9.90 Å². The van der Waals surface area contributed by atoms with Gasteiger partial charge >= 0.3 is 0 Å². The van der Waals surface area contributed by atoms with E-state index in [1.54, 1.807) is 0 Å². The predicted octanol–water partition coefficient (Wildman–Crippen LogP) is 0.916. The van der Waals surface area contributed by atoms with E-state index in [2.05, 4.69) is 4.90 Å². The van der Waals surface area contributed by atoms with Crippen molar-refractivity contribution in [1.82, 2.24) is 4.90 Å². The van der Waals surface area contributed by atoms with Gasteiger partial charge in [-0.05, 0) is 25.9 Å². The van der Waals surface area contributed by atoms with Crippen LogP contribution in [0.2, 0.25) is 0 Å². The third-order valence-electron chi connectivity index (χ3n) is 2.22. The number of hydrogen-bond acceptors (Lipinski definition) is 3. The Morgan fingerprint density at radius 1 is 1.31 bits per heavy atom. The molecule has 1 saturated heterocycles. The van der Waals surface area contributed by atoms with Crippen LogP contribution >= 0.6 is 0 Å². The number of aliphatic hydroxyl groups is 1. The fraction of sp³-hybridized carbons (Fsp3) is 0.900. The highest BCUT2D eigenvalue weighted by Crippen LogP contribution is 2.08. The van der Waals surface area contributed by atoms with Gasteiger partial charge in [0.05, 0.1) is 6.54 Å². The van der Waals surface area contributed by atoms with Crippen molar-refractivity contribution in [3.05, 3.63) is 0 Å². The summed E-state index contributed by atoms with van der Waals surface area (Å²) < 4.78 is 0. The Morgan fingerprint density at radius 2 is 1.77 bits per heavy atom. The molecule has 1 heterocycles. The van der Waals surface area contributed by atoms with Crippen LogP contribution in [-0.4, -0.2) is 42.5 Å². The van der Waals surface area contributed by atoms with Crippen LogP contribution in [0.3, 0.4) is 0 Å². The summed E-state index contributed by atoms with van der Waals surface area (Å²) in [5, 5.41) is 7.00. The van der Waals surface area contributed by atoms with Crippen LogP contribution in [0.15, 0.2) is 0 Å². The average Bonchev–Trinajstić information content (AvgIpc) is 2.60. The summed E-state index contributed by atoms with van der Waals surface area (Å²) >= 11 is 0. The second-order valence-electron chi connectivity index (χ2n) is 3.60. The quantitative estimate of drug-likeness (QED) is 0.714. The monoisotopic (exact) mass is 187 g/mol. The third kappa shape index (κ3) is 5.01. The Labute approximate surface area is 80.7 Å². The molecule has 3 nitrogen and oxygen atoms in total. The van der Waals surface area contributed by atoms with Crippen LogP contribution in [0.1, 0.15) is 26.7 Å². The summed E-state index contributed by atoms with van der Waals surface area (Å²) in [5.41, 5.74) is 0. The molecule has 3 heteroatoms. The fourth-order valence-corrected chi connectivity index (χ4v) is 1.34. The first kappa shape index (κ1) is 12.6. The van der Waals surface area contributed by atoms with Crippen molar-refractivity contribution in [2.24, 2.45) is 5.92 Å². The summed E-state index contributed by atoms with van der Waals surface area (Å²) in [6.45, 7) is 6.87. The fourth-order valence-electron chi connectivity index (χ4n) is 1.34. The zero-order valence-corrected chi connectivity index (χ0v) is 8.92. The number of rotatable bonds is 3. The molecule has 0 saturated carbocycles. The first-order valence-corrected chi connectivity index (χ1v) is 4.90. The van der Waals surface area contributed by atoms with Crippen LogP contribution in [0.4, 0.5) is 0 Å². The molecule has 1 rings (SSSR count). The molecule has 0 aromatic carbocycles. The zero-order valence-electron chi connectivity index (χ0n) is 8.92. The lowest BCUT2D eigenvalue weighted by molar-refractivity contribution is -0.122. The molecule has 0 aliphatic carbocycles. The van der Waals surface area contributed by atoms with E-state index < -0.39 is 0 Å². The molecule has 0 amide bonds. The maximum Gasteiger partial charge on any atom is 0.149 e. The number of Topliss-reactive ketones (excluding diaryl/α,β-unsaturated/α-hetero) is 1. The molecule has 0 radical (unpaired) electrons. The molecule has 0 unspecified atom stereocenters. The normalized spacial score (nSPS) is 17.0. The molecule has 0 spiro atoms. The maximum absolute atomic E-state index is 11.3. The minimum Gasteiger partial charge on any atom is -0.400 e. The van der Waals surface area contributed by atoms with Gasteiger partial charge in [-0.25, -0.2) is 0 Å². The summed E-state index contributed by atoms with van der Waals surface area (Å²) in [7, 11) is 1.00. The highest BCUT2D eigenvalue weighted by molar-refractivity contribution is 5.82.